The number of halogens is 4. The minimum absolute atomic E-state index is 0.114. The molecular formula is C26H26ClF3N2O5S. The van der Waals surface area contributed by atoms with Gasteiger partial charge in [0.15, 0.2) is 27.3 Å². The van der Waals surface area contributed by atoms with Crippen molar-refractivity contribution in [3.63, 3.8) is 0 Å². The van der Waals surface area contributed by atoms with E-state index in [1.807, 2.05) is 0 Å². The highest BCUT2D eigenvalue weighted by molar-refractivity contribution is 7.92. The van der Waals surface area contributed by atoms with E-state index in [-0.39, 0.29) is 52.9 Å². The second kappa shape index (κ2) is 10.7. The van der Waals surface area contributed by atoms with E-state index in [0.29, 0.717) is 25.0 Å². The van der Waals surface area contributed by atoms with Gasteiger partial charge in [-0.2, -0.15) is 0 Å². The summed E-state index contributed by atoms with van der Waals surface area (Å²) >= 11 is 6.22. The first-order valence-corrected chi connectivity index (χ1v) is 13.9. The molecule has 2 aromatic carbocycles. The fourth-order valence-corrected chi connectivity index (χ4v) is 7.93. The number of amides is 2. The lowest BCUT2D eigenvalue weighted by Crippen LogP contribution is -2.50. The number of nitrogens with one attached hydrogen (secondary N) is 2. The number of hydrogen-bond donors (Lipinski definition) is 3. The Morgan fingerprint density at radius 2 is 1.71 bits per heavy atom. The summed E-state index contributed by atoms with van der Waals surface area (Å²) in [6, 6.07) is 4.75. The summed E-state index contributed by atoms with van der Waals surface area (Å²) in [6.45, 7) is 3.79. The quantitative estimate of drug-likeness (QED) is 0.322. The summed E-state index contributed by atoms with van der Waals surface area (Å²) in [5, 5.41) is 15.2. The summed E-state index contributed by atoms with van der Waals surface area (Å²) in [5.74, 6) is -6.73. The van der Waals surface area contributed by atoms with Crippen molar-refractivity contribution in [2.45, 2.75) is 47.9 Å². The molecule has 0 aromatic heterocycles. The Morgan fingerprint density at radius 3 is 2.29 bits per heavy atom. The number of fused-ring (bicyclic) bond motifs is 2. The largest absolute Gasteiger partial charge is 0.389 e. The van der Waals surface area contributed by atoms with Crippen LogP contribution in [0.3, 0.4) is 0 Å². The van der Waals surface area contributed by atoms with Crippen LogP contribution in [0.1, 0.15) is 42.5 Å². The number of carbonyl (C=O) groups is 2. The van der Waals surface area contributed by atoms with Crippen LogP contribution >= 0.6 is 11.6 Å². The first-order valence-electron chi connectivity index (χ1n) is 12.0. The van der Waals surface area contributed by atoms with E-state index in [1.165, 1.54) is 18.2 Å². The van der Waals surface area contributed by atoms with Crippen LogP contribution in [-0.2, 0) is 14.6 Å². The average Bonchev–Trinajstić information content (AvgIpc) is 3.01. The number of rotatable bonds is 8. The van der Waals surface area contributed by atoms with Gasteiger partial charge >= 0.3 is 0 Å². The number of sulfone groups is 1. The molecule has 3 N–H and O–H groups in total. The monoisotopic (exact) mass is 570 g/mol. The Hall–Kier alpha value is -2.89. The number of anilines is 1. The first kappa shape index (κ1) is 28.1. The summed E-state index contributed by atoms with van der Waals surface area (Å²) in [7, 11) is -4.07. The van der Waals surface area contributed by atoms with E-state index < -0.39 is 55.9 Å². The van der Waals surface area contributed by atoms with Gasteiger partial charge in [-0.05, 0) is 55.7 Å². The highest BCUT2D eigenvalue weighted by Gasteiger charge is 2.56. The van der Waals surface area contributed by atoms with E-state index in [4.69, 9.17) is 11.6 Å². The fourth-order valence-electron chi connectivity index (χ4n) is 5.53. The van der Waals surface area contributed by atoms with Crippen LogP contribution in [0.2, 0.25) is 5.02 Å². The smallest absolute Gasteiger partial charge is 0.255 e. The highest BCUT2D eigenvalue weighted by Crippen LogP contribution is 2.53. The standard InChI is InChI=1S/C26H26ClF3N2O5S/c1-2-7-31-23(33)13-26(35)15-4-5-16(26)10-18(9-15)38(36,37)22-8-14(3-6-19(22)27)25(34)32-17-11-20(28)24(30)21(29)12-17/h2-3,6,8,11-12,15-16,18,35H,1,4-5,7,9-10,13H2,(H,31,33)(H,32,34)/t15?,16?,18-,26-. The van der Waals surface area contributed by atoms with Gasteiger partial charge in [0.25, 0.3) is 5.91 Å². The third-order valence-electron chi connectivity index (χ3n) is 7.44. The van der Waals surface area contributed by atoms with Gasteiger partial charge in [0.05, 0.1) is 27.2 Å². The molecule has 2 aliphatic rings. The maximum absolute atomic E-state index is 13.6. The molecule has 0 spiro atoms. The van der Waals surface area contributed by atoms with E-state index in [9.17, 15) is 36.3 Å². The van der Waals surface area contributed by atoms with Gasteiger partial charge < -0.3 is 15.7 Å². The fraction of sp³-hybridized carbons (Fsp3) is 0.385. The van der Waals surface area contributed by atoms with Crippen molar-refractivity contribution in [3.05, 3.63) is 71.0 Å². The molecule has 2 atom stereocenters. The van der Waals surface area contributed by atoms with Gasteiger partial charge in [-0.15, -0.1) is 6.58 Å². The minimum atomic E-state index is -4.07. The Labute approximate surface area is 223 Å². The van der Waals surface area contributed by atoms with Crippen molar-refractivity contribution >= 4 is 38.9 Å². The van der Waals surface area contributed by atoms with E-state index >= 15 is 0 Å². The van der Waals surface area contributed by atoms with Crippen molar-refractivity contribution < 1.29 is 36.3 Å². The third-order valence-corrected chi connectivity index (χ3v) is 10.1. The second-order valence-electron chi connectivity index (χ2n) is 9.72. The molecule has 7 nitrogen and oxygen atoms in total. The van der Waals surface area contributed by atoms with Crippen molar-refractivity contribution in [2.24, 2.45) is 11.8 Å². The van der Waals surface area contributed by atoms with Crippen molar-refractivity contribution in [1.29, 1.82) is 0 Å². The van der Waals surface area contributed by atoms with Gasteiger partial charge in [0, 0.05) is 29.9 Å². The zero-order valence-corrected chi connectivity index (χ0v) is 21.7. The van der Waals surface area contributed by atoms with Gasteiger partial charge in [0.1, 0.15) is 0 Å². The predicted octanol–water partition coefficient (Wildman–Crippen LogP) is 4.40. The van der Waals surface area contributed by atoms with Crippen LogP contribution in [-0.4, -0.2) is 42.7 Å². The third kappa shape index (κ3) is 5.32. The van der Waals surface area contributed by atoms with Crippen molar-refractivity contribution in [2.75, 3.05) is 11.9 Å². The molecule has 2 aliphatic carbocycles. The van der Waals surface area contributed by atoms with E-state index in [0.717, 1.165) is 6.07 Å². The number of benzene rings is 2. The Kier molecular flexibility index (Phi) is 7.92. The molecule has 2 bridgehead atoms. The SMILES string of the molecule is C=CCNC(=O)C[C@]1(O)C2CCC1C[C@@H](S(=O)(=O)c1cc(C(=O)Nc3cc(F)c(F)c(F)c3)ccc1Cl)C2. The maximum Gasteiger partial charge on any atom is 0.255 e. The van der Waals surface area contributed by atoms with E-state index in [2.05, 4.69) is 17.2 Å². The van der Waals surface area contributed by atoms with Gasteiger partial charge in [-0.25, -0.2) is 21.6 Å². The van der Waals surface area contributed by atoms with E-state index in [1.54, 1.807) is 0 Å². The molecule has 0 saturated heterocycles. The second-order valence-corrected chi connectivity index (χ2v) is 12.3. The molecule has 0 aliphatic heterocycles. The predicted molar refractivity (Wildman–Crippen MR) is 135 cm³/mol. The molecule has 2 amide bonds. The minimum Gasteiger partial charge on any atom is -0.389 e. The number of aliphatic hydroxyl groups is 1. The number of hydrogen-bond acceptors (Lipinski definition) is 5. The first-order chi connectivity index (χ1) is 17.9. The Bertz CT molecular complexity index is 1360. The van der Waals surface area contributed by atoms with Gasteiger partial charge in [-0.3, -0.25) is 9.59 Å². The summed E-state index contributed by atoms with van der Waals surface area (Å²) < 4.78 is 67.5. The van der Waals surface area contributed by atoms with Crippen LogP contribution in [0.4, 0.5) is 18.9 Å². The van der Waals surface area contributed by atoms with Crippen LogP contribution in [0.15, 0.2) is 47.9 Å². The highest BCUT2D eigenvalue weighted by atomic mass is 35.5. The average molecular weight is 571 g/mol. The maximum atomic E-state index is 13.6. The van der Waals surface area contributed by atoms with Crippen molar-refractivity contribution in [1.82, 2.24) is 5.32 Å². The summed E-state index contributed by atoms with van der Waals surface area (Å²) in [6.07, 6.45) is 2.76. The zero-order valence-electron chi connectivity index (χ0n) is 20.1. The molecule has 2 unspecified atom stereocenters. The van der Waals surface area contributed by atoms with Crippen molar-refractivity contribution in [3.8, 4) is 0 Å². The Morgan fingerprint density at radius 1 is 1.11 bits per heavy atom. The molecule has 12 heteroatoms. The molecule has 2 aromatic rings. The van der Waals surface area contributed by atoms with Crippen LogP contribution < -0.4 is 10.6 Å². The van der Waals surface area contributed by atoms with Crippen LogP contribution in [0.25, 0.3) is 0 Å². The lowest BCUT2D eigenvalue weighted by atomic mass is 9.72. The van der Waals surface area contributed by atoms with Crippen LogP contribution in [0, 0.1) is 29.3 Å². The summed E-state index contributed by atoms with van der Waals surface area (Å²) in [4.78, 5) is 24.7. The van der Waals surface area contributed by atoms with Gasteiger partial charge in [-0.1, -0.05) is 17.7 Å². The lowest BCUT2D eigenvalue weighted by Gasteiger charge is -2.42. The number of carbonyl (C=O) groups excluding carboxylic acids is 2. The Balaban J connectivity index is 1.54. The molecule has 2 fully saturated rings. The topological polar surface area (TPSA) is 113 Å². The van der Waals surface area contributed by atoms with Crippen LogP contribution in [0.5, 0.6) is 0 Å². The molecule has 2 saturated carbocycles. The molecule has 38 heavy (non-hydrogen) atoms. The molecule has 0 radical (unpaired) electrons. The molecule has 204 valence electrons. The zero-order chi connectivity index (χ0) is 27.8. The molecule has 0 heterocycles. The normalized spacial score (nSPS) is 24.6. The molecular weight excluding hydrogens is 545 g/mol. The lowest BCUT2D eigenvalue weighted by molar-refractivity contribution is -0.132. The van der Waals surface area contributed by atoms with Gasteiger partial charge in [0.2, 0.25) is 5.91 Å². The molecule has 4 rings (SSSR count). The summed E-state index contributed by atoms with van der Waals surface area (Å²) in [5.41, 5.74) is -1.82.